The Morgan fingerprint density at radius 3 is 2.27 bits per heavy atom. The smallest absolute Gasteiger partial charge is 0.265 e. The highest BCUT2D eigenvalue weighted by Crippen LogP contribution is 2.37. The average molecular weight is 497 g/mol. The van der Waals surface area contributed by atoms with Gasteiger partial charge in [-0.05, 0) is 59.5 Å². The Bertz CT molecular complexity index is 1250. The molecular weight excluding hydrogens is 479 g/mol. The van der Waals surface area contributed by atoms with E-state index in [1.165, 1.54) is 41.3 Å². The standard InChI is InChI=1S/C25H18ClFN2O2S2/c26-20-15-18(10-13-21(20)27)29-25(31)23(16-5-2-1-3-6-16)33-19-11-8-17(9-12-19)28-24(30)22-7-4-14-32-22/h1-15,23H,(H,28,30)(H,29,31). The lowest BCUT2D eigenvalue weighted by atomic mass is 10.1. The maximum Gasteiger partial charge on any atom is 0.265 e. The number of carbonyl (C=O) groups is 2. The lowest BCUT2D eigenvalue weighted by molar-refractivity contribution is -0.115. The van der Waals surface area contributed by atoms with Crippen LogP contribution in [0.4, 0.5) is 15.8 Å². The Hall–Kier alpha value is -3.13. The molecule has 0 saturated heterocycles. The fourth-order valence-electron chi connectivity index (χ4n) is 3.04. The molecule has 1 unspecified atom stereocenters. The lowest BCUT2D eigenvalue weighted by Crippen LogP contribution is -2.19. The zero-order valence-corrected chi connectivity index (χ0v) is 19.5. The largest absolute Gasteiger partial charge is 0.325 e. The van der Waals surface area contributed by atoms with Gasteiger partial charge in [0.15, 0.2) is 0 Å². The Morgan fingerprint density at radius 1 is 0.879 bits per heavy atom. The topological polar surface area (TPSA) is 58.2 Å². The summed E-state index contributed by atoms with van der Waals surface area (Å²) in [7, 11) is 0. The predicted octanol–water partition coefficient (Wildman–Crippen LogP) is 7.27. The van der Waals surface area contributed by atoms with Crippen LogP contribution in [0.1, 0.15) is 20.5 Å². The van der Waals surface area contributed by atoms with Crippen LogP contribution in [-0.4, -0.2) is 11.8 Å². The van der Waals surface area contributed by atoms with E-state index in [0.717, 1.165) is 10.5 Å². The summed E-state index contributed by atoms with van der Waals surface area (Å²) in [5.41, 5.74) is 1.90. The number of hydrogen-bond donors (Lipinski definition) is 2. The molecule has 0 fully saturated rings. The maximum atomic E-state index is 13.5. The molecular formula is C25H18ClFN2O2S2. The number of hydrogen-bond acceptors (Lipinski definition) is 4. The van der Waals surface area contributed by atoms with Gasteiger partial charge < -0.3 is 10.6 Å². The monoisotopic (exact) mass is 496 g/mol. The first-order valence-corrected chi connectivity index (χ1v) is 12.1. The second kappa shape index (κ2) is 10.7. The minimum Gasteiger partial charge on any atom is -0.325 e. The summed E-state index contributed by atoms with van der Waals surface area (Å²) in [5.74, 6) is -0.969. The minimum atomic E-state index is -0.554. The van der Waals surface area contributed by atoms with Gasteiger partial charge in [0.05, 0.1) is 9.90 Å². The molecule has 1 atom stereocenters. The molecule has 8 heteroatoms. The first kappa shape index (κ1) is 23.0. The van der Waals surface area contributed by atoms with Gasteiger partial charge in [0, 0.05) is 16.3 Å². The van der Waals surface area contributed by atoms with E-state index in [4.69, 9.17) is 11.6 Å². The van der Waals surface area contributed by atoms with E-state index in [0.29, 0.717) is 16.3 Å². The molecule has 33 heavy (non-hydrogen) atoms. The van der Waals surface area contributed by atoms with Crippen molar-refractivity contribution in [2.45, 2.75) is 10.1 Å². The quantitative estimate of drug-likeness (QED) is 0.264. The molecule has 166 valence electrons. The normalized spacial score (nSPS) is 11.6. The molecule has 4 rings (SSSR count). The van der Waals surface area contributed by atoms with Crippen LogP contribution in [0.2, 0.25) is 5.02 Å². The number of rotatable bonds is 7. The first-order chi connectivity index (χ1) is 16.0. The molecule has 0 aliphatic heterocycles. The molecule has 1 aromatic heterocycles. The molecule has 3 aromatic carbocycles. The van der Waals surface area contributed by atoms with Gasteiger partial charge in [-0.25, -0.2) is 4.39 Å². The van der Waals surface area contributed by atoms with Crippen LogP contribution in [0.15, 0.2) is 95.2 Å². The Morgan fingerprint density at radius 2 is 1.61 bits per heavy atom. The van der Waals surface area contributed by atoms with Crippen molar-refractivity contribution in [1.82, 2.24) is 0 Å². The fourth-order valence-corrected chi connectivity index (χ4v) is 4.86. The molecule has 4 aromatic rings. The summed E-state index contributed by atoms with van der Waals surface area (Å²) < 4.78 is 13.5. The van der Waals surface area contributed by atoms with Crippen LogP contribution < -0.4 is 10.6 Å². The summed E-state index contributed by atoms with van der Waals surface area (Å²) in [5, 5.41) is 6.91. The minimum absolute atomic E-state index is 0.0584. The number of carbonyl (C=O) groups excluding carboxylic acids is 2. The molecule has 2 N–H and O–H groups in total. The third kappa shape index (κ3) is 6.01. The van der Waals surface area contributed by atoms with Crippen LogP contribution in [0.5, 0.6) is 0 Å². The number of amides is 2. The van der Waals surface area contributed by atoms with Crippen molar-refractivity contribution in [3.8, 4) is 0 Å². The van der Waals surface area contributed by atoms with Gasteiger partial charge in [-0.1, -0.05) is 48.0 Å². The van der Waals surface area contributed by atoms with Crippen molar-refractivity contribution in [1.29, 1.82) is 0 Å². The van der Waals surface area contributed by atoms with E-state index in [9.17, 15) is 14.0 Å². The van der Waals surface area contributed by atoms with Crippen molar-refractivity contribution in [3.05, 3.63) is 112 Å². The summed E-state index contributed by atoms with van der Waals surface area (Å²) in [6.07, 6.45) is 0. The number of benzene rings is 3. The lowest BCUT2D eigenvalue weighted by Gasteiger charge is -2.17. The summed E-state index contributed by atoms with van der Waals surface area (Å²) in [6, 6.07) is 24.3. The highest BCUT2D eigenvalue weighted by Gasteiger charge is 2.22. The van der Waals surface area contributed by atoms with E-state index < -0.39 is 11.1 Å². The summed E-state index contributed by atoms with van der Waals surface area (Å²) >= 11 is 8.59. The zero-order valence-electron chi connectivity index (χ0n) is 17.1. The molecule has 0 spiro atoms. The van der Waals surface area contributed by atoms with E-state index in [1.54, 1.807) is 18.2 Å². The molecule has 0 aliphatic carbocycles. The van der Waals surface area contributed by atoms with Crippen LogP contribution >= 0.6 is 34.7 Å². The highest BCUT2D eigenvalue weighted by atomic mass is 35.5. The fraction of sp³-hybridized carbons (Fsp3) is 0.0400. The number of halogens is 2. The van der Waals surface area contributed by atoms with Gasteiger partial charge in [-0.2, -0.15) is 0 Å². The summed E-state index contributed by atoms with van der Waals surface area (Å²) in [6.45, 7) is 0. The van der Waals surface area contributed by atoms with Crippen molar-refractivity contribution >= 4 is 57.9 Å². The number of thioether (sulfide) groups is 1. The maximum absolute atomic E-state index is 13.5. The zero-order chi connectivity index (χ0) is 23.2. The van der Waals surface area contributed by atoms with Crippen molar-refractivity contribution in [2.75, 3.05) is 10.6 Å². The van der Waals surface area contributed by atoms with Gasteiger partial charge in [-0.3, -0.25) is 9.59 Å². The number of thiophene rings is 1. The van der Waals surface area contributed by atoms with Gasteiger partial charge in [0.2, 0.25) is 5.91 Å². The molecule has 0 radical (unpaired) electrons. The second-order valence-electron chi connectivity index (χ2n) is 6.98. The first-order valence-electron chi connectivity index (χ1n) is 9.92. The van der Waals surface area contributed by atoms with E-state index in [1.807, 2.05) is 53.9 Å². The highest BCUT2D eigenvalue weighted by molar-refractivity contribution is 8.00. The molecule has 1 heterocycles. The van der Waals surface area contributed by atoms with Crippen molar-refractivity contribution in [2.24, 2.45) is 0 Å². The van der Waals surface area contributed by atoms with Crippen LogP contribution in [0.25, 0.3) is 0 Å². The number of anilines is 2. The second-order valence-corrected chi connectivity index (χ2v) is 9.52. The van der Waals surface area contributed by atoms with Crippen molar-refractivity contribution in [3.63, 3.8) is 0 Å². The Labute approximate surface area is 203 Å². The van der Waals surface area contributed by atoms with Gasteiger partial charge >= 0.3 is 0 Å². The van der Waals surface area contributed by atoms with Gasteiger partial charge in [0.1, 0.15) is 11.1 Å². The van der Waals surface area contributed by atoms with Gasteiger partial charge in [0.25, 0.3) is 5.91 Å². The molecule has 0 bridgehead atoms. The third-order valence-electron chi connectivity index (χ3n) is 4.64. The number of nitrogens with one attached hydrogen (secondary N) is 2. The van der Waals surface area contributed by atoms with Crippen LogP contribution in [0, 0.1) is 5.82 Å². The SMILES string of the molecule is O=C(Nc1ccc(SC(C(=O)Nc2ccc(F)c(Cl)c2)c2ccccc2)cc1)c1cccs1. The summed E-state index contributed by atoms with van der Waals surface area (Å²) in [4.78, 5) is 26.9. The van der Waals surface area contributed by atoms with E-state index >= 15 is 0 Å². The Kier molecular flexibility index (Phi) is 7.44. The molecule has 0 aliphatic rings. The third-order valence-corrected chi connectivity index (χ3v) is 7.06. The van der Waals surface area contributed by atoms with Crippen molar-refractivity contribution < 1.29 is 14.0 Å². The molecule has 2 amide bonds. The van der Waals surface area contributed by atoms with Crippen LogP contribution in [0.3, 0.4) is 0 Å². The average Bonchev–Trinajstić information content (AvgIpc) is 3.37. The molecule has 4 nitrogen and oxygen atoms in total. The Balaban J connectivity index is 1.50. The molecule has 0 saturated carbocycles. The van der Waals surface area contributed by atoms with Gasteiger partial charge in [-0.15, -0.1) is 23.1 Å². The predicted molar refractivity (Wildman–Crippen MR) is 134 cm³/mol. The van der Waals surface area contributed by atoms with E-state index in [-0.39, 0.29) is 16.8 Å². The van der Waals surface area contributed by atoms with Crippen LogP contribution in [-0.2, 0) is 4.79 Å². The van der Waals surface area contributed by atoms with E-state index in [2.05, 4.69) is 10.6 Å².